The number of ether oxygens (including phenoxy) is 1. The molecule has 0 bridgehead atoms. The van der Waals surface area contributed by atoms with Crippen molar-refractivity contribution < 1.29 is 9.53 Å². The molecule has 0 spiro atoms. The molecule has 0 aromatic heterocycles. The standard InChI is InChI=1S/C12H15NO2/c1-13(2)12(14)10-7-3-5-9-6-4-8-15-11(9)10/h3,5,7H,4,6,8H2,1-2H3. The Balaban J connectivity index is 2.43. The van der Waals surface area contributed by atoms with Gasteiger partial charge in [0.1, 0.15) is 5.75 Å². The molecule has 0 N–H and O–H groups in total. The van der Waals surface area contributed by atoms with Gasteiger partial charge >= 0.3 is 0 Å². The second-order valence-electron chi connectivity index (χ2n) is 3.95. The lowest BCUT2D eigenvalue weighted by molar-refractivity contribution is 0.0822. The van der Waals surface area contributed by atoms with Gasteiger partial charge in [-0.15, -0.1) is 0 Å². The third kappa shape index (κ3) is 1.82. The van der Waals surface area contributed by atoms with Gasteiger partial charge in [0.05, 0.1) is 12.2 Å². The Kier molecular flexibility index (Phi) is 2.62. The van der Waals surface area contributed by atoms with E-state index >= 15 is 0 Å². The Morgan fingerprint density at radius 2 is 2.20 bits per heavy atom. The molecule has 1 aliphatic rings. The molecule has 2 rings (SSSR count). The largest absolute Gasteiger partial charge is 0.492 e. The number of aryl methyl sites for hydroxylation is 1. The molecule has 1 amide bonds. The zero-order valence-electron chi connectivity index (χ0n) is 9.12. The van der Waals surface area contributed by atoms with Gasteiger partial charge in [0.15, 0.2) is 0 Å². The van der Waals surface area contributed by atoms with E-state index in [1.807, 2.05) is 18.2 Å². The third-order valence-electron chi connectivity index (χ3n) is 2.57. The minimum atomic E-state index is 0.00810. The molecule has 3 nitrogen and oxygen atoms in total. The van der Waals surface area contributed by atoms with Crippen molar-refractivity contribution in [3.8, 4) is 5.75 Å². The predicted molar refractivity (Wildman–Crippen MR) is 58.3 cm³/mol. The molecule has 80 valence electrons. The molecular weight excluding hydrogens is 190 g/mol. The highest BCUT2D eigenvalue weighted by atomic mass is 16.5. The molecule has 0 fully saturated rings. The summed E-state index contributed by atoms with van der Waals surface area (Å²) < 4.78 is 5.58. The fourth-order valence-corrected chi connectivity index (χ4v) is 1.80. The van der Waals surface area contributed by atoms with E-state index in [0.717, 1.165) is 24.2 Å². The predicted octanol–water partition coefficient (Wildman–Crippen LogP) is 1.71. The molecule has 0 aliphatic carbocycles. The third-order valence-corrected chi connectivity index (χ3v) is 2.57. The number of rotatable bonds is 1. The number of nitrogens with zero attached hydrogens (tertiary/aromatic N) is 1. The summed E-state index contributed by atoms with van der Waals surface area (Å²) >= 11 is 0. The number of fused-ring (bicyclic) bond motifs is 1. The van der Waals surface area contributed by atoms with Crippen LogP contribution >= 0.6 is 0 Å². The SMILES string of the molecule is CN(C)C(=O)c1cccc2c1OCCC2. The first kappa shape index (κ1) is 10.0. The molecule has 1 aromatic rings. The highest BCUT2D eigenvalue weighted by Gasteiger charge is 2.19. The Labute approximate surface area is 89.7 Å². The van der Waals surface area contributed by atoms with Gasteiger partial charge in [0, 0.05) is 14.1 Å². The Morgan fingerprint density at radius 1 is 1.40 bits per heavy atom. The number of benzene rings is 1. The minimum absolute atomic E-state index is 0.00810. The van der Waals surface area contributed by atoms with E-state index in [1.165, 1.54) is 0 Å². The first-order valence-corrected chi connectivity index (χ1v) is 5.16. The van der Waals surface area contributed by atoms with E-state index < -0.39 is 0 Å². The van der Waals surface area contributed by atoms with Crippen molar-refractivity contribution in [2.45, 2.75) is 12.8 Å². The van der Waals surface area contributed by atoms with Gasteiger partial charge in [-0.3, -0.25) is 4.79 Å². The van der Waals surface area contributed by atoms with Gasteiger partial charge < -0.3 is 9.64 Å². The summed E-state index contributed by atoms with van der Waals surface area (Å²) in [6.45, 7) is 0.713. The van der Waals surface area contributed by atoms with Gasteiger partial charge in [-0.05, 0) is 24.5 Å². The fourth-order valence-electron chi connectivity index (χ4n) is 1.80. The smallest absolute Gasteiger partial charge is 0.257 e. The van der Waals surface area contributed by atoms with E-state index in [9.17, 15) is 4.79 Å². The molecule has 0 unspecified atom stereocenters. The lowest BCUT2D eigenvalue weighted by atomic mass is 10.0. The summed E-state index contributed by atoms with van der Waals surface area (Å²) in [6, 6.07) is 5.78. The van der Waals surface area contributed by atoms with Crippen LogP contribution in [0.3, 0.4) is 0 Å². The van der Waals surface area contributed by atoms with E-state index in [4.69, 9.17) is 4.74 Å². The van der Waals surface area contributed by atoms with Crippen LogP contribution in [0.4, 0.5) is 0 Å². The molecule has 1 aliphatic heterocycles. The number of amides is 1. The van der Waals surface area contributed by atoms with Crippen LogP contribution in [0.1, 0.15) is 22.3 Å². The van der Waals surface area contributed by atoms with E-state index in [1.54, 1.807) is 19.0 Å². The first-order valence-electron chi connectivity index (χ1n) is 5.16. The maximum absolute atomic E-state index is 11.9. The van der Waals surface area contributed by atoms with Crippen LogP contribution in [-0.4, -0.2) is 31.5 Å². The molecule has 1 heterocycles. The van der Waals surface area contributed by atoms with Crippen molar-refractivity contribution in [3.05, 3.63) is 29.3 Å². The first-order chi connectivity index (χ1) is 7.20. The maximum atomic E-state index is 11.9. The van der Waals surface area contributed by atoms with Crippen LogP contribution < -0.4 is 4.74 Å². The van der Waals surface area contributed by atoms with Gasteiger partial charge in [-0.2, -0.15) is 0 Å². The second-order valence-corrected chi connectivity index (χ2v) is 3.95. The van der Waals surface area contributed by atoms with Crippen molar-refractivity contribution in [1.29, 1.82) is 0 Å². The van der Waals surface area contributed by atoms with Crippen molar-refractivity contribution >= 4 is 5.91 Å². The van der Waals surface area contributed by atoms with Crippen LogP contribution in [-0.2, 0) is 6.42 Å². The molecule has 0 radical (unpaired) electrons. The average molecular weight is 205 g/mol. The van der Waals surface area contributed by atoms with Crippen molar-refractivity contribution in [3.63, 3.8) is 0 Å². The number of hydrogen-bond donors (Lipinski definition) is 0. The van der Waals surface area contributed by atoms with Crippen LogP contribution in [0.5, 0.6) is 5.75 Å². The van der Waals surface area contributed by atoms with Gasteiger partial charge in [0.25, 0.3) is 5.91 Å². The summed E-state index contributed by atoms with van der Waals surface area (Å²) in [5, 5.41) is 0. The summed E-state index contributed by atoms with van der Waals surface area (Å²) in [5.41, 5.74) is 1.83. The fraction of sp³-hybridized carbons (Fsp3) is 0.417. The Morgan fingerprint density at radius 3 is 2.93 bits per heavy atom. The Bertz CT molecular complexity index is 385. The van der Waals surface area contributed by atoms with E-state index in [0.29, 0.717) is 12.2 Å². The van der Waals surface area contributed by atoms with Crippen molar-refractivity contribution in [1.82, 2.24) is 4.90 Å². The zero-order chi connectivity index (χ0) is 10.8. The van der Waals surface area contributed by atoms with E-state index in [2.05, 4.69) is 0 Å². The number of carbonyl (C=O) groups is 1. The molecule has 0 atom stereocenters. The number of carbonyl (C=O) groups excluding carboxylic acids is 1. The summed E-state index contributed by atoms with van der Waals surface area (Å²) in [5.74, 6) is 0.788. The molecular formula is C12H15NO2. The van der Waals surface area contributed by atoms with Gasteiger partial charge in [0.2, 0.25) is 0 Å². The second kappa shape index (κ2) is 3.93. The molecule has 3 heteroatoms. The molecule has 0 saturated heterocycles. The molecule has 0 saturated carbocycles. The highest BCUT2D eigenvalue weighted by molar-refractivity contribution is 5.97. The summed E-state index contributed by atoms with van der Waals surface area (Å²) in [7, 11) is 3.51. The quantitative estimate of drug-likeness (QED) is 0.698. The van der Waals surface area contributed by atoms with Crippen LogP contribution in [0.25, 0.3) is 0 Å². The lowest BCUT2D eigenvalue weighted by Gasteiger charge is -2.21. The lowest BCUT2D eigenvalue weighted by Crippen LogP contribution is -2.23. The monoisotopic (exact) mass is 205 g/mol. The summed E-state index contributed by atoms with van der Waals surface area (Å²) in [4.78, 5) is 13.4. The van der Waals surface area contributed by atoms with Crippen molar-refractivity contribution in [2.75, 3.05) is 20.7 Å². The van der Waals surface area contributed by atoms with Crippen LogP contribution in [0.2, 0.25) is 0 Å². The number of hydrogen-bond acceptors (Lipinski definition) is 2. The topological polar surface area (TPSA) is 29.5 Å². The Hall–Kier alpha value is -1.51. The molecule has 15 heavy (non-hydrogen) atoms. The van der Waals surface area contributed by atoms with Gasteiger partial charge in [-0.1, -0.05) is 12.1 Å². The van der Waals surface area contributed by atoms with Gasteiger partial charge in [-0.25, -0.2) is 0 Å². The number of para-hydroxylation sites is 1. The molecule has 1 aromatic carbocycles. The maximum Gasteiger partial charge on any atom is 0.257 e. The van der Waals surface area contributed by atoms with E-state index in [-0.39, 0.29) is 5.91 Å². The summed E-state index contributed by atoms with van der Waals surface area (Å²) in [6.07, 6.45) is 2.04. The van der Waals surface area contributed by atoms with Crippen molar-refractivity contribution in [2.24, 2.45) is 0 Å². The zero-order valence-corrected chi connectivity index (χ0v) is 9.12. The van der Waals surface area contributed by atoms with Crippen LogP contribution in [0.15, 0.2) is 18.2 Å². The minimum Gasteiger partial charge on any atom is -0.492 e. The normalized spacial score (nSPS) is 14.0. The highest BCUT2D eigenvalue weighted by Crippen LogP contribution is 2.29. The average Bonchev–Trinajstić information content (AvgIpc) is 2.27. The van der Waals surface area contributed by atoms with Crippen LogP contribution in [0, 0.1) is 0 Å².